The molecular weight excluding hydrogens is 424 g/mol. The van der Waals surface area contributed by atoms with Crippen molar-refractivity contribution in [2.24, 2.45) is 0 Å². The second kappa shape index (κ2) is 10.9. The van der Waals surface area contributed by atoms with E-state index in [1.54, 1.807) is 4.52 Å². The number of aryl methyl sites for hydroxylation is 3. The Labute approximate surface area is 200 Å². The van der Waals surface area contributed by atoms with Gasteiger partial charge in [0.15, 0.2) is 11.5 Å². The lowest BCUT2D eigenvalue weighted by Gasteiger charge is -2.23. The Kier molecular flexibility index (Phi) is 7.52. The van der Waals surface area contributed by atoms with Gasteiger partial charge in [-0.3, -0.25) is 4.79 Å². The lowest BCUT2D eigenvalue weighted by atomic mass is 10.0. The van der Waals surface area contributed by atoms with E-state index >= 15 is 0 Å². The molecule has 4 rings (SSSR count). The number of anilines is 1. The van der Waals surface area contributed by atoms with Crippen molar-refractivity contribution >= 4 is 17.2 Å². The summed E-state index contributed by atoms with van der Waals surface area (Å²) in [6.07, 6.45) is 1.73. The minimum atomic E-state index is 0.0184. The van der Waals surface area contributed by atoms with Crippen LogP contribution in [0.2, 0.25) is 0 Å². The molecule has 176 valence electrons. The Morgan fingerprint density at radius 2 is 1.82 bits per heavy atom. The van der Waals surface area contributed by atoms with Crippen molar-refractivity contribution in [2.45, 2.75) is 40.0 Å². The van der Waals surface area contributed by atoms with Crippen molar-refractivity contribution < 1.29 is 4.79 Å². The molecule has 0 unspecified atom stereocenters. The van der Waals surface area contributed by atoms with Crippen molar-refractivity contribution in [3.05, 3.63) is 77.6 Å². The molecule has 7 heteroatoms. The lowest BCUT2D eigenvalue weighted by molar-refractivity contribution is -0.121. The second-order valence-corrected chi connectivity index (χ2v) is 8.52. The zero-order valence-electron chi connectivity index (χ0n) is 20.2. The number of hydrogen-bond acceptors (Lipinski definition) is 5. The van der Waals surface area contributed by atoms with E-state index in [4.69, 9.17) is 5.10 Å². The standard InChI is InChI=1S/C27H32N6O/c1-4-32(23-9-6-5-7-10-23)18-8-17-28-27(34)16-15-26-30-29-25-14-13-24(31-33(25)26)22-12-11-20(2)21(3)19-22/h5-7,9-14,19H,4,8,15-18H2,1-3H3,(H,28,34). The summed E-state index contributed by atoms with van der Waals surface area (Å²) >= 11 is 0. The van der Waals surface area contributed by atoms with Gasteiger partial charge in [-0.2, -0.15) is 9.61 Å². The molecule has 0 aliphatic carbocycles. The number of para-hydroxylation sites is 1. The third kappa shape index (κ3) is 5.60. The quantitative estimate of drug-likeness (QED) is 0.359. The molecule has 0 bridgehead atoms. The maximum Gasteiger partial charge on any atom is 0.220 e. The summed E-state index contributed by atoms with van der Waals surface area (Å²) in [5.41, 5.74) is 6.29. The topological polar surface area (TPSA) is 75.4 Å². The number of nitrogens with zero attached hydrogens (tertiary/aromatic N) is 5. The van der Waals surface area contributed by atoms with Gasteiger partial charge in [0.05, 0.1) is 5.69 Å². The van der Waals surface area contributed by atoms with Gasteiger partial charge in [-0.15, -0.1) is 10.2 Å². The molecule has 34 heavy (non-hydrogen) atoms. The second-order valence-electron chi connectivity index (χ2n) is 8.52. The predicted octanol–water partition coefficient (Wildman–Crippen LogP) is 4.37. The van der Waals surface area contributed by atoms with E-state index in [1.165, 1.54) is 16.8 Å². The maximum atomic E-state index is 12.4. The Balaban J connectivity index is 1.30. The monoisotopic (exact) mass is 456 g/mol. The number of hydrogen-bond donors (Lipinski definition) is 1. The molecule has 0 fully saturated rings. The average molecular weight is 457 g/mol. The van der Waals surface area contributed by atoms with Crippen molar-refractivity contribution in [2.75, 3.05) is 24.5 Å². The van der Waals surface area contributed by atoms with E-state index in [0.717, 1.165) is 30.8 Å². The van der Waals surface area contributed by atoms with Gasteiger partial charge in [0, 0.05) is 43.7 Å². The molecule has 1 N–H and O–H groups in total. The third-order valence-electron chi connectivity index (χ3n) is 6.14. The van der Waals surface area contributed by atoms with Crippen molar-refractivity contribution in [3.8, 4) is 11.3 Å². The summed E-state index contributed by atoms with van der Waals surface area (Å²) in [6, 6.07) is 20.5. The summed E-state index contributed by atoms with van der Waals surface area (Å²) in [7, 11) is 0. The highest BCUT2D eigenvalue weighted by molar-refractivity contribution is 5.76. The van der Waals surface area contributed by atoms with Crippen LogP contribution in [0.5, 0.6) is 0 Å². The first-order valence-electron chi connectivity index (χ1n) is 11.9. The molecule has 0 atom stereocenters. The molecule has 0 radical (unpaired) electrons. The summed E-state index contributed by atoms with van der Waals surface area (Å²) < 4.78 is 1.75. The summed E-state index contributed by atoms with van der Waals surface area (Å²) in [5.74, 6) is 0.710. The van der Waals surface area contributed by atoms with Crippen LogP contribution in [-0.2, 0) is 11.2 Å². The smallest absolute Gasteiger partial charge is 0.220 e. The SMILES string of the molecule is CCN(CCCNC(=O)CCc1nnc2ccc(-c3ccc(C)c(C)c3)nn12)c1ccccc1. The van der Waals surface area contributed by atoms with Gasteiger partial charge in [0.2, 0.25) is 5.91 Å². The van der Waals surface area contributed by atoms with E-state index in [2.05, 4.69) is 71.5 Å². The highest BCUT2D eigenvalue weighted by Crippen LogP contribution is 2.21. The summed E-state index contributed by atoms with van der Waals surface area (Å²) in [5, 5.41) is 16.2. The van der Waals surface area contributed by atoms with Crippen LogP contribution < -0.4 is 10.2 Å². The zero-order valence-corrected chi connectivity index (χ0v) is 20.2. The number of rotatable bonds is 10. The Morgan fingerprint density at radius 1 is 1.00 bits per heavy atom. The number of amides is 1. The van der Waals surface area contributed by atoms with Crippen LogP contribution in [0.1, 0.15) is 36.7 Å². The molecule has 0 aliphatic heterocycles. The van der Waals surface area contributed by atoms with Crippen molar-refractivity contribution in [1.29, 1.82) is 0 Å². The highest BCUT2D eigenvalue weighted by atomic mass is 16.1. The molecule has 2 aromatic heterocycles. The van der Waals surface area contributed by atoms with Crippen LogP contribution in [0.25, 0.3) is 16.9 Å². The van der Waals surface area contributed by atoms with Crippen LogP contribution in [0.4, 0.5) is 5.69 Å². The zero-order chi connectivity index (χ0) is 23.9. The molecule has 4 aromatic rings. The molecule has 7 nitrogen and oxygen atoms in total. The largest absolute Gasteiger partial charge is 0.372 e. The van der Waals surface area contributed by atoms with Crippen molar-refractivity contribution in [1.82, 2.24) is 25.1 Å². The number of fused-ring (bicyclic) bond motifs is 1. The van der Waals surface area contributed by atoms with Crippen LogP contribution >= 0.6 is 0 Å². The summed E-state index contributed by atoms with van der Waals surface area (Å²) in [6.45, 7) is 8.84. The number of aromatic nitrogens is 4. The molecule has 0 aliphatic rings. The van der Waals surface area contributed by atoms with Gasteiger partial charge in [-0.1, -0.05) is 30.3 Å². The van der Waals surface area contributed by atoms with E-state index in [-0.39, 0.29) is 5.91 Å². The number of carbonyl (C=O) groups is 1. The highest BCUT2D eigenvalue weighted by Gasteiger charge is 2.12. The van der Waals surface area contributed by atoms with E-state index in [9.17, 15) is 4.79 Å². The van der Waals surface area contributed by atoms with E-state index in [1.807, 2.05) is 30.3 Å². The third-order valence-corrected chi connectivity index (χ3v) is 6.14. The fourth-order valence-electron chi connectivity index (χ4n) is 3.96. The normalized spacial score (nSPS) is 11.0. The first-order chi connectivity index (χ1) is 16.5. The molecule has 2 heterocycles. The Bertz CT molecular complexity index is 1250. The van der Waals surface area contributed by atoms with Crippen LogP contribution in [-0.4, -0.2) is 45.4 Å². The van der Waals surface area contributed by atoms with Gasteiger partial charge >= 0.3 is 0 Å². The maximum absolute atomic E-state index is 12.4. The number of benzene rings is 2. The van der Waals surface area contributed by atoms with Gasteiger partial charge in [-0.05, 0) is 68.7 Å². The van der Waals surface area contributed by atoms with Crippen LogP contribution in [0.3, 0.4) is 0 Å². The predicted molar refractivity (Wildman–Crippen MR) is 136 cm³/mol. The van der Waals surface area contributed by atoms with Crippen molar-refractivity contribution in [3.63, 3.8) is 0 Å². The van der Waals surface area contributed by atoms with E-state index < -0.39 is 0 Å². The lowest BCUT2D eigenvalue weighted by Crippen LogP contribution is -2.30. The molecule has 1 amide bonds. The van der Waals surface area contributed by atoms with Crippen LogP contribution in [0.15, 0.2) is 60.7 Å². The molecule has 0 spiro atoms. The van der Waals surface area contributed by atoms with Gasteiger partial charge in [0.1, 0.15) is 0 Å². The summed E-state index contributed by atoms with van der Waals surface area (Å²) in [4.78, 5) is 14.7. The molecule has 0 saturated carbocycles. The fourth-order valence-corrected chi connectivity index (χ4v) is 3.96. The van der Waals surface area contributed by atoms with E-state index in [0.29, 0.717) is 30.9 Å². The minimum absolute atomic E-state index is 0.0184. The Morgan fingerprint density at radius 3 is 2.59 bits per heavy atom. The minimum Gasteiger partial charge on any atom is -0.372 e. The average Bonchev–Trinajstić information content (AvgIpc) is 3.27. The fraction of sp³-hybridized carbons (Fsp3) is 0.333. The van der Waals surface area contributed by atoms with Gasteiger partial charge in [0.25, 0.3) is 0 Å². The Hall–Kier alpha value is -3.74. The number of nitrogens with one attached hydrogen (secondary N) is 1. The van der Waals surface area contributed by atoms with Gasteiger partial charge in [-0.25, -0.2) is 0 Å². The molecule has 0 saturated heterocycles. The first kappa shape index (κ1) is 23.4. The molecule has 2 aromatic carbocycles. The van der Waals surface area contributed by atoms with Crippen LogP contribution in [0, 0.1) is 13.8 Å². The first-order valence-corrected chi connectivity index (χ1v) is 11.9. The molecular formula is C27H32N6O. The number of carbonyl (C=O) groups excluding carboxylic acids is 1. The van der Waals surface area contributed by atoms with Gasteiger partial charge < -0.3 is 10.2 Å².